The lowest BCUT2D eigenvalue weighted by atomic mass is 10.0. The van der Waals surface area contributed by atoms with E-state index in [-0.39, 0.29) is 4.65 Å². The van der Waals surface area contributed by atoms with Crippen molar-refractivity contribution in [3.05, 3.63) is 5.21 Å². The van der Waals surface area contributed by atoms with Crippen molar-refractivity contribution in [2.24, 2.45) is 0 Å². The van der Waals surface area contributed by atoms with Crippen molar-refractivity contribution in [1.82, 2.24) is 0 Å². The molecule has 64 heavy (non-hydrogen) atoms. The van der Waals surface area contributed by atoms with Crippen molar-refractivity contribution in [3.63, 3.8) is 0 Å². The van der Waals surface area contributed by atoms with Crippen LogP contribution >= 0.6 is 0 Å². The number of nitrogens with zero attached hydrogens (tertiary/aromatic N) is 1. The second-order valence-electron chi connectivity index (χ2n) is 22.5. The van der Waals surface area contributed by atoms with Crippen LogP contribution in [0.2, 0.25) is 0 Å². The third kappa shape index (κ3) is 61.9. The lowest BCUT2D eigenvalue weighted by molar-refractivity contribution is -0.840. The van der Waals surface area contributed by atoms with Crippen LogP contribution in [0.1, 0.15) is 379 Å². The molecule has 0 aliphatic rings. The summed E-state index contributed by atoms with van der Waals surface area (Å²) >= 11 is 0. The lowest BCUT2D eigenvalue weighted by Crippen LogP contribution is -2.32. The maximum Gasteiger partial charge on any atom is 0.0779 e. The fourth-order valence-corrected chi connectivity index (χ4v) is 10.5. The molecule has 0 N–H and O–H groups in total. The molecule has 0 amide bonds. The van der Waals surface area contributed by atoms with E-state index in [1.807, 2.05) is 0 Å². The van der Waals surface area contributed by atoms with Crippen LogP contribution in [0.5, 0.6) is 0 Å². The molecule has 2 nitrogen and oxygen atoms in total. The Labute approximate surface area is 408 Å². The maximum atomic E-state index is 11.6. The van der Waals surface area contributed by atoms with Crippen molar-refractivity contribution < 1.29 is 4.65 Å². The summed E-state index contributed by atoms with van der Waals surface area (Å²) in [6.45, 7) is 3.09. The van der Waals surface area contributed by atoms with Crippen molar-refractivity contribution >= 4 is 0 Å². The average Bonchev–Trinajstić information content (AvgIpc) is 3.28. The monoisotopic (exact) mass is 902 g/mol. The first-order chi connectivity index (χ1) is 31.6. The first kappa shape index (κ1) is 63.9. The highest BCUT2D eigenvalue weighted by molar-refractivity contribution is 4.56. The first-order valence-electron chi connectivity index (χ1n) is 31.1. The van der Waals surface area contributed by atoms with Gasteiger partial charge in [-0.05, 0) is 12.8 Å². The molecule has 0 saturated heterocycles. The molecule has 0 aromatic carbocycles. The Morgan fingerprint density at radius 3 is 0.359 bits per heavy atom. The van der Waals surface area contributed by atoms with Gasteiger partial charge in [0.15, 0.2) is 0 Å². The van der Waals surface area contributed by atoms with E-state index in [1.54, 1.807) is 14.1 Å². The number of quaternary nitrogens is 1. The van der Waals surface area contributed by atoms with E-state index in [1.165, 1.54) is 366 Å². The van der Waals surface area contributed by atoms with Gasteiger partial charge in [-0.25, -0.2) is 0 Å². The molecule has 0 saturated carbocycles. The molecule has 0 unspecified atom stereocenters. The molecular weight excluding hydrogens is 775 g/mol. The zero-order valence-corrected chi connectivity index (χ0v) is 45.6. The van der Waals surface area contributed by atoms with Gasteiger partial charge in [0.25, 0.3) is 0 Å². The summed E-state index contributed by atoms with van der Waals surface area (Å²) in [4.78, 5) is 0. The summed E-state index contributed by atoms with van der Waals surface area (Å²) in [5.74, 6) is 0. The van der Waals surface area contributed by atoms with Gasteiger partial charge >= 0.3 is 0 Å². The van der Waals surface area contributed by atoms with Gasteiger partial charge in [0.2, 0.25) is 0 Å². The number of hydrogen-bond acceptors (Lipinski definition) is 1. The molecule has 2 heteroatoms. The summed E-state index contributed by atoms with van der Waals surface area (Å²) in [5.41, 5.74) is 0. The Bertz CT molecular complexity index is 788. The highest BCUT2D eigenvalue weighted by Crippen LogP contribution is 2.20. The topological polar surface area (TPSA) is 23.1 Å². The van der Waals surface area contributed by atoms with E-state index >= 15 is 0 Å². The Morgan fingerprint density at radius 2 is 0.266 bits per heavy atom. The second kappa shape index (κ2) is 57.2. The molecule has 386 valence electrons. The molecule has 0 aromatic heterocycles. The van der Waals surface area contributed by atoms with Gasteiger partial charge in [-0.2, -0.15) is 0 Å². The van der Waals surface area contributed by atoms with Crippen molar-refractivity contribution in [3.8, 4) is 0 Å². The van der Waals surface area contributed by atoms with E-state index in [2.05, 4.69) is 6.92 Å². The van der Waals surface area contributed by atoms with Gasteiger partial charge in [-0.1, -0.05) is 366 Å². The zero-order chi connectivity index (χ0) is 46.2. The number of unbranched alkanes of at least 4 members (excludes halogenated alkanes) is 57. The van der Waals surface area contributed by atoms with Gasteiger partial charge < -0.3 is 9.85 Å². The van der Waals surface area contributed by atoms with Gasteiger partial charge in [0.05, 0.1) is 20.6 Å². The minimum absolute atomic E-state index is 0.125. The SMILES string of the molecule is CCCCCCCCCCCCCCCCCCCCCCCCCCCCCCCCCCCCCCCCCCCCCCCCCCCCCCCCCCCC[N+](C)(C)[O-]. The van der Waals surface area contributed by atoms with E-state index in [4.69, 9.17) is 0 Å². The second-order valence-corrected chi connectivity index (χ2v) is 22.5. The van der Waals surface area contributed by atoms with Gasteiger partial charge in [-0.3, -0.25) is 0 Å². The van der Waals surface area contributed by atoms with Crippen LogP contribution < -0.4 is 0 Å². The van der Waals surface area contributed by atoms with Crippen LogP contribution in [0.3, 0.4) is 0 Å². The molecule has 0 atom stereocenters. The van der Waals surface area contributed by atoms with Gasteiger partial charge in [0.1, 0.15) is 0 Å². The summed E-state index contributed by atoms with van der Waals surface area (Å²) in [7, 11) is 3.52. The predicted molar refractivity (Wildman–Crippen MR) is 294 cm³/mol. The summed E-state index contributed by atoms with van der Waals surface area (Å²) in [6, 6.07) is 0. The predicted octanol–water partition coefficient (Wildman–Crippen LogP) is 23.2. The first-order valence-corrected chi connectivity index (χ1v) is 31.1. The van der Waals surface area contributed by atoms with Gasteiger partial charge in [0, 0.05) is 0 Å². The molecule has 0 fully saturated rings. The molecule has 0 aliphatic carbocycles. The van der Waals surface area contributed by atoms with E-state index in [0.717, 1.165) is 13.0 Å². The number of hydrogen-bond donors (Lipinski definition) is 0. The van der Waals surface area contributed by atoms with E-state index in [9.17, 15) is 5.21 Å². The average molecular weight is 903 g/mol. The van der Waals surface area contributed by atoms with Crippen LogP contribution in [0.15, 0.2) is 0 Å². The molecular formula is C62H127NO. The lowest BCUT2D eigenvalue weighted by Gasteiger charge is -2.33. The Balaban J connectivity index is 3.07. The van der Waals surface area contributed by atoms with E-state index < -0.39 is 0 Å². The van der Waals surface area contributed by atoms with Crippen LogP contribution in [0, 0.1) is 5.21 Å². The van der Waals surface area contributed by atoms with Crippen molar-refractivity contribution in [1.29, 1.82) is 0 Å². The molecule has 0 radical (unpaired) electrons. The van der Waals surface area contributed by atoms with Crippen molar-refractivity contribution in [2.45, 2.75) is 379 Å². The minimum atomic E-state index is -0.125. The van der Waals surface area contributed by atoms with Crippen LogP contribution in [-0.2, 0) is 0 Å². The largest absolute Gasteiger partial charge is 0.633 e. The fraction of sp³-hybridized carbons (Fsp3) is 1.00. The van der Waals surface area contributed by atoms with Crippen LogP contribution in [0.25, 0.3) is 0 Å². The number of rotatable bonds is 59. The minimum Gasteiger partial charge on any atom is -0.633 e. The highest BCUT2D eigenvalue weighted by Gasteiger charge is 2.02. The third-order valence-corrected chi connectivity index (χ3v) is 15.1. The van der Waals surface area contributed by atoms with Gasteiger partial charge in [-0.15, -0.1) is 0 Å². The quantitative estimate of drug-likeness (QED) is 0.0339. The summed E-state index contributed by atoms with van der Waals surface area (Å²) in [6.07, 6.45) is 84.9. The summed E-state index contributed by atoms with van der Waals surface area (Å²) in [5, 5.41) is 11.6. The van der Waals surface area contributed by atoms with E-state index in [0.29, 0.717) is 0 Å². The van der Waals surface area contributed by atoms with Crippen molar-refractivity contribution in [2.75, 3.05) is 20.6 Å². The molecule has 0 heterocycles. The molecule has 0 aliphatic heterocycles. The molecule has 0 rings (SSSR count). The normalized spacial score (nSPS) is 12.0. The Morgan fingerprint density at radius 1 is 0.172 bits per heavy atom. The zero-order valence-electron chi connectivity index (χ0n) is 45.6. The third-order valence-electron chi connectivity index (χ3n) is 15.1. The van der Waals surface area contributed by atoms with Crippen LogP contribution in [0.4, 0.5) is 0 Å². The standard InChI is InChI=1S/C62H127NO/c1-4-5-6-7-8-9-10-11-12-13-14-15-16-17-18-19-20-21-22-23-24-25-26-27-28-29-30-31-32-33-34-35-36-37-38-39-40-41-42-43-44-45-46-47-48-49-50-51-52-53-54-55-56-57-58-59-60-61-62-63(2,3)64/h4-62H2,1-3H3. The molecule has 0 bridgehead atoms. The molecule has 0 aromatic rings. The van der Waals surface area contributed by atoms with Crippen LogP contribution in [-0.4, -0.2) is 25.3 Å². The Kier molecular flexibility index (Phi) is 57.2. The Hall–Kier alpha value is -0.0800. The highest BCUT2D eigenvalue weighted by atomic mass is 16.5. The smallest absolute Gasteiger partial charge is 0.0779 e. The summed E-state index contributed by atoms with van der Waals surface area (Å²) < 4.78 is -0.125. The maximum absolute atomic E-state index is 11.6. The fourth-order valence-electron chi connectivity index (χ4n) is 10.5. The number of hydroxylamine groups is 3. The molecule has 0 spiro atoms.